The molecule has 0 N–H and O–H groups in total. The van der Waals surface area contributed by atoms with Crippen LogP contribution in [0.15, 0.2) is 18.6 Å². The van der Waals surface area contributed by atoms with E-state index in [1.807, 2.05) is 6.07 Å². The van der Waals surface area contributed by atoms with Gasteiger partial charge in [0.2, 0.25) is 0 Å². The molecule has 2 nitrogen and oxygen atoms in total. The van der Waals surface area contributed by atoms with Crippen LogP contribution in [0.2, 0.25) is 0 Å². The summed E-state index contributed by atoms with van der Waals surface area (Å²) in [6.45, 7) is 6.59. The van der Waals surface area contributed by atoms with E-state index in [2.05, 4.69) is 30.7 Å². The fourth-order valence-corrected chi connectivity index (χ4v) is 0.912. The van der Waals surface area contributed by atoms with Crippen LogP contribution in [-0.2, 0) is 0 Å². The Labute approximate surface area is 67.7 Å². The number of aromatic nitrogens is 2. The summed E-state index contributed by atoms with van der Waals surface area (Å²) in [6, 6.07) is 1.98. The van der Waals surface area contributed by atoms with E-state index in [4.69, 9.17) is 0 Å². The fourth-order valence-electron chi connectivity index (χ4n) is 0.912. The second kappa shape index (κ2) is 3.46. The summed E-state index contributed by atoms with van der Waals surface area (Å²) in [4.78, 5) is 8.06. The van der Waals surface area contributed by atoms with Gasteiger partial charge in [0.25, 0.3) is 0 Å². The highest BCUT2D eigenvalue weighted by Crippen LogP contribution is 2.20. The molecule has 1 heterocycles. The van der Waals surface area contributed by atoms with Crippen LogP contribution in [0.4, 0.5) is 0 Å². The molecule has 0 aliphatic heterocycles. The minimum Gasteiger partial charge on any atom is -0.245 e. The Morgan fingerprint density at radius 2 is 2.00 bits per heavy atom. The van der Waals surface area contributed by atoms with E-state index in [0.29, 0.717) is 11.8 Å². The van der Waals surface area contributed by atoms with Crippen molar-refractivity contribution in [2.75, 3.05) is 0 Å². The topological polar surface area (TPSA) is 25.8 Å². The molecule has 1 aromatic rings. The molecule has 0 saturated carbocycles. The van der Waals surface area contributed by atoms with Gasteiger partial charge < -0.3 is 0 Å². The van der Waals surface area contributed by atoms with Crippen molar-refractivity contribution >= 4 is 0 Å². The lowest BCUT2D eigenvalue weighted by molar-refractivity contribution is 0.522. The van der Waals surface area contributed by atoms with Crippen LogP contribution >= 0.6 is 0 Å². The van der Waals surface area contributed by atoms with E-state index < -0.39 is 0 Å². The number of rotatable bonds is 2. The molecule has 2 heteroatoms. The largest absolute Gasteiger partial charge is 0.245 e. The minimum absolute atomic E-state index is 0.526. The maximum atomic E-state index is 4.19. The molecule has 11 heavy (non-hydrogen) atoms. The quantitative estimate of drug-likeness (QED) is 0.646. The molecule has 0 amide bonds. The first-order chi connectivity index (χ1) is 5.22. The Kier molecular flexibility index (Phi) is 2.58. The van der Waals surface area contributed by atoms with Crippen LogP contribution in [0.3, 0.4) is 0 Å². The van der Waals surface area contributed by atoms with Crippen LogP contribution in [0.1, 0.15) is 32.4 Å². The molecule has 0 aromatic carbocycles. The Bertz CT molecular complexity index is 206. The first-order valence-electron chi connectivity index (χ1n) is 3.97. The minimum atomic E-state index is 0.526. The fraction of sp³-hybridized carbons (Fsp3) is 0.556. The van der Waals surface area contributed by atoms with Crippen molar-refractivity contribution < 1.29 is 0 Å². The van der Waals surface area contributed by atoms with Crippen molar-refractivity contribution in [2.45, 2.75) is 26.7 Å². The monoisotopic (exact) mass is 150 g/mol. The first-order valence-corrected chi connectivity index (χ1v) is 3.97. The third kappa shape index (κ3) is 2.00. The SMILES string of the molecule is CC(C)C(C)c1ccncn1. The molecule has 0 radical (unpaired) electrons. The summed E-state index contributed by atoms with van der Waals surface area (Å²) in [5, 5.41) is 0. The lowest BCUT2D eigenvalue weighted by Gasteiger charge is -2.13. The van der Waals surface area contributed by atoms with Crippen LogP contribution in [0.25, 0.3) is 0 Å². The molecule has 1 aromatic heterocycles. The molecule has 1 rings (SSSR count). The van der Waals surface area contributed by atoms with Crippen LogP contribution < -0.4 is 0 Å². The maximum absolute atomic E-state index is 4.19. The standard InChI is InChI=1S/C9H14N2/c1-7(2)8(3)9-4-5-10-6-11-9/h4-8H,1-3H3. The molecule has 0 aliphatic carbocycles. The molecule has 0 aliphatic rings. The van der Waals surface area contributed by atoms with Crippen LogP contribution in [0.5, 0.6) is 0 Å². The molecule has 1 atom stereocenters. The summed E-state index contributed by atoms with van der Waals surface area (Å²) in [6.07, 6.45) is 3.40. The predicted octanol–water partition coefficient (Wildman–Crippen LogP) is 2.24. The smallest absolute Gasteiger partial charge is 0.115 e. The van der Waals surface area contributed by atoms with Gasteiger partial charge in [-0.2, -0.15) is 0 Å². The van der Waals surface area contributed by atoms with Gasteiger partial charge in [0.15, 0.2) is 0 Å². The summed E-state index contributed by atoms with van der Waals surface area (Å²) in [5.74, 6) is 1.17. The van der Waals surface area contributed by atoms with Gasteiger partial charge >= 0.3 is 0 Å². The van der Waals surface area contributed by atoms with E-state index in [-0.39, 0.29) is 0 Å². The second-order valence-corrected chi connectivity index (χ2v) is 3.17. The van der Waals surface area contributed by atoms with Crippen molar-refractivity contribution in [2.24, 2.45) is 5.92 Å². The third-order valence-corrected chi connectivity index (χ3v) is 2.07. The predicted molar refractivity (Wildman–Crippen MR) is 45.3 cm³/mol. The average molecular weight is 150 g/mol. The van der Waals surface area contributed by atoms with Gasteiger partial charge in [-0.05, 0) is 12.0 Å². The Hall–Kier alpha value is -0.920. The Morgan fingerprint density at radius 1 is 1.27 bits per heavy atom. The van der Waals surface area contributed by atoms with Crippen molar-refractivity contribution in [3.05, 3.63) is 24.3 Å². The summed E-state index contributed by atoms with van der Waals surface area (Å²) in [7, 11) is 0. The molecule has 0 spiro atoms. The number of hydrogen-bond donors (Lipinski definition) is 0. The van der Waals surface area contributed by atoms with E-state index in [1.165, 1.54) is 0 Å². The van der Waals surface area contributed by atoms with Crippen LogP contribution in [-0.4, -0.2) is 9.97 Å². The second-order valence-electron chi connectivity index (χ2n) is 3.17. The summed E-state index contributed by atoms with van der Waals surface area (Å²) >= 11 is 0. The Morgan fingerprint density at radius 3 is 2.45 bits per heavy atom. The van der Waals surface area contributed by atoms with Gasteiger partial charge in [-0.25, -0.2) is 9.97 Å². The molecule has 1 unspecified atom stereocenters. The average Bonchev–Trinajstić information content (AvgIpc) is 2.05. The van der Waals surface area contributed by atoms with E-state index in [1.54, 1.807) is 12.5 Å². The lowest BCUT2D eigenvalue weighted by Crippen LogP contribution is -2.03. The van der Waals surface area contributed by atoms with Gasteiger partial charge in [-0.1, -0.05) is 20.8 Å². The lowest BCUT2D eigenvalue weighted by atomic mass is 9.95. The van der Waals surface area contributed by atoms with Crippen molar-refractivity contribution in [1.82, 2.24) is 9.97 Å². The molecule has 0 fully saturated rings. The zero-order valence-corrected chi connectivity index (χ0v) is 7.28. The van der Waals surface area contributed by atoms with Crippen molar-refractivity contribution in [1.29, 1.82) is 0 Å². The van der Waals surface area contributed by atoms with Gasteiger partial charge in [-0.15, -0.1) is 0 Å². The van der Waals surface area contributed by atoms with Crippen molar-refractivity contribution in [3.8, 4) is 0 Å². The van der Waals surface area contributed by atoms with Gasteiger partial charge in [0, 0.05) is 17.8 Å². The summed E-state index contributed by atoms with van der Waals surface area (Å²) in [5.41, 5.74) is 1.13. The van der Waals surface area contributed by atoms with Gasteiger partial charge in [0.05, 0.1) is 0 Å². The zero-order valence-electron chi connectivity index (χ0n) is 7.28. The zero-order chi connectivity index (χ0) is 8.27. The van der Waals surface area contributed by atoms with Gasteiger partial charge in [-0.3, -0.25) is 0 Å². The normalized spacial score (nSPS) is 13.5. The molecule has 0 bridgehead atoms. The van der Waals surface area contributed by atoms with Crippen molar-refractivity contribution in [3.63, 3.8) is 0 Å². The Balaban J connectivity index is 2.77. The highest BCUT2D eigenvalue weighted by Gasteiger charge is 2.09. The molecular formula is C9H14N2. The summed E-state index contributed by atoms with van der Waals surface area (Å²) < 4.78 is 0. The highest BCUT2D eigenvalue weighted by molar-refractivity contribution is 5.04. The molecule has 60 valence electrons. The molecule has 0 saturated heterocycles. The van der Waals surface area contributed by atoms with Crippen LogP contribution in [0, 0.1) is 5.92 Å². The van der Waals surface area contributed by atoms with E-state index >= 15 is 0 Å². The first kappa shape index (κ1) is 8.18. The maximum Gasteiger partial charge on any atom is 0.115 e. The highest BCUT2D eigenvalue weighted by atomic mass is 14.8. The molecular weight excluding hydrogens is 136 g/mol. The number of nitrogens with zero attached hydrogens (tertiary/aromatic N) is 2. The third-order valence-electron chi connectivity index (χ3n) is 2.07. The van der Waals surface area contributed by atoms with E-state index in [0.717, 1.165) is 5.69 Å². The van der Waals surface area contributed by atoms with E-state index in [9.17, 15) is 0 Å². The van der Waals surface area contributed by atoms with Gasteiger partial charge in [0.1, 0.15) is 6.33 Å². The number of hydrogen-bond acceptors (Lipinski definition) is 2.